The highest BCUT2D eigenvalue weighted by molar-refractivity contribution is 7.16. The van der Waals surface area contributed by atoms with Gasteiger partial charge in [0.05, 0.1) is 25.8 Å². The molecule has 1 N–H and O–H groups in total. The zero-order valence-electron chi connectivity index (χ0n) is 14.5. The van der Waals surface area contributed by atoms with Crippen molar-refractivity contribution < 1.29 is 14.3 Å². The first-order valence-electron chi connectivity index (χ1n) is 8.21. The van der Waals surface area contributed by atoms with Crippen LogP contribution in [-0.4, -0.2) is 24.0 Å². The van der Waals surface area contributed by atoms with Crippen molar-refractivity contribution in [2.75, 3.05) is 7.11 Å². The molecule has 2 aromatic carbocycles. The van der Waals surface area contributed by atoms with Gasteiger partial charge in [0.15, 0.2) is 0 Å². The summed E-state index contributed by atoms with van der Waals surface area (Å²) in [6.07, 6.45) is 1.56. The normalized spacial score (nSPS) is 11.6. The molecule has 3 aromatic rings. The Bertz CT molecular complexity index is 926. The van der Waals surface area contributed by atoms with Crippen molar-refractivity contribution in [3.05, 3.63) is 76.3 Å². The van der Waals surface area contributed by atoms with Crippen LogP contribution in [0.1, 0.15) is 27.7 Å². The number of methoxy groups -OCH3 is 1. The molecule has 0 aliphatic rings. The molecule has 1 atom stereocenters. The summed E-state index contributed by atoms with van der Waals surface area (Å²) in [6, 6.07) is 16.1. The van der Waals surface area contributed by atoms with Gasteiger partial charge in [0.2, 0.25) is 0 Å². The summed E-state index contributed by atoms with van der Waals surface area (Å²) in [5.74, 6) is -0.705. The number of ether oxygens (including phenoxy) is 1. The number of esters is 1. The second kappa shape index (κ2) is 8.79. The number of benzene rings is 2. The zero-order chi connectivity index (χ0) is 19.2. The first-order chi connectivity index (χ1) is 13.1. The summed E-state index contributed by atoms with van der Waals surface area (Å²) in [4.78, 5) is 29.2. The zero-order valence-corrected chi connectivity index (χ0v) is 16.1. The lowest BCUT2D eigenvalue weighted by Crippen LogP contribution is -2.30. The third kappa shape index (κ3) is 4.93. The Labute approximate surface area is 166 Å². The SMILES string of the molecule is COC(=O)CC(NC(=O)c1cnc(-c2ccccc2)s1)c1ccc(Cl)cc1. The van der Waals surface area contributed by atoms with E-state index in [1.54, 1.807) is 30.5 Å². The molecule has 0 spiro atoms. The number of carbonyl (C=O) groups is 2. The Morgan fingerprint density at radius 1 is 1.15 bits per heavy atom. The molecule has 5 nitrogen and oxygen atoms in total. The van der Waals surface area contributed by atoms with Crippen molar-refractivity contribution in [1.82, 2.24) is 10.3 Å². The highest BCUT2D eigenvalue weighted by Crippen LogP contribution is 2.26. The highest BCUT2D eigenvalue weighted by atomic mass is 35.5. The van der Waals surface area contributed by atoms with Crippen molar-refractivity contribution in [1.29, 1.82) is 0 Å². The number of carbonyl (C=O) groups excluding carboxylic acids is 2. The van der Waals surface area contributed by atoms with Crippen molar-refractivity contribution in [2.24, 2.45) is 0 Å². The molecule has 1 amide bonds. The van der Waals surface area contributed by atoms with Crippen molar-refractivity contribution >= 4 is 34.8 Å². The van der Waals surface area contributed by atoms with Crippen molar-refractivity contribution in [3.8, 4) is 10.6 Å². The summed E-state index contributed by atoms with van der Waals surface area (Å²) in [5.41, 5.74) is 1.72. The van der Waals surface area contributed by atoms with Crippen LogP contribution in [-0.2, 0) is 9.53 Å². The summed E-state index contributed by atoms with van der Waals surface area (Å²) in [6.45, 7) is 0. The van der Waals surface area contributed by atoms with Gasteiger partial charge in [0.25, 0.3) is 5.91 Å². The average molecular weight is 401 g/mol. The first-order valence-corrected chi connectivity index (χ1v) is 9.40. The average Bonchev–Trinajstić information content (AvgIpc) is 3.19. The van der Waals surface area contributed by atoms with Crippen molar-refractivity contribution in [2.45, 2.75) is 12.5 Å². The number of rotatable bonds is 6. The minimum absolute atomic E-state index is 0.0220. The van der Waals surface area contributed by atoms with Crippen LogP contribution in [0.5, 0.6) is 0 Å². The molecule has 0 saturated carbocycles. The Balaban J connectivity index is 1.79. The van der Waals surface area contributed by atoms with Crippen LogP contribution >= 0.6 is 22.9 Å². The fourth-order valence-electron chi connectivity index (χ4n) is 2.52. The molecule has 27 heavy (non-hydrogen) atoms. The van der Waals surface area contributed by atoms with Gasteiger partial charge in [-0.25, -0.2) is 4.98 Å². The summed E-state index contributed by atoms with van der Waals surface area (Å²) in [7, 11) is 1.32. The number of nitrogens with one attached hydrogen (secondary N) is 1. The van der Waals surface area contributed by atoms with Gasteiger partial charge < -0.3 is 10.1 Å². The van der Waals surface area contributed by atoms with Crippen LogP contribution in [0.2, 0.25) is 5.02 Å². The molecule has 3 rings (SSSR count). The molecule has 0 radical (unpaired) electrons. The fraction of sp³-hybridized carbons (Fsp3) is 0.150. The maximum atomic E-state index is 12.7. The van der Waals surface area contributed by atoms with Gasteiger partial charge >= 0.3 is 5.97 Å². The number of aromatic nitrogens is 1. The van der Waals surface area contributed by atoms with E-state index in [9.17, 15) is 9.59 Å². The number of thiazole rings is 1. The lowest BCUT2D eigenvalue weighted by molar-refractivity contribution is -0.141. The molecule has 7 heteroatoms. The number of nitrogens with zero attached hydrogens (tertiary/aromatic N) is 1. The number of amides is 1. The van der Waals surface area contributed by atoms with E-state index < -0.39 is 12.0 Å². The van der Waals surface area contributed by atoms with Gasteiger partial charge in [-0.15, -0.1) is 11.3 Å². The lowest BCUT2D eigenvalue weighted by atomic mass is 10.0. The minimum Gasteiger partial charge on any atom is -0.469 e. The molecule has 1 aromatic heterocycles. The molecular weight excluding hydrogens is 384 g/mol. The largest absolute Gasteiger partial charge is 0.469 e. The Hall–Kier alpha value is -2.70. The van der Waals surface area contributed by atoms with Crippen LogP contribution in [0.25, 0.3) is 10.6 Å². The quantitative estimate of drug-likeness (QED) is 0.618. The van der Waals surface area contributed by atoms with Gasteiger partial charge in [0, 0.05) is 10.6 Å². The Kier molecular flexibility index (Phi) is 6.21. The van der Waals surface area contributed by atoms with E-state index in [1.165, 1.54) is 18.4 Å². The van der Waals surface area contributed by atoms with Gasteiger partial charge in [0.1, 0.15) is 9.88 Å². The monoisotopic (exact) mass is 400 g/mol. The van der Waals surface area contributed by atoms with Crippen LogP contribution < -0.4 is 5.32 Å². The fourth-order valence-corrected chi connectivity index (χ4v) is 3.47. The summed E-state index contributed by atoms with van der Waals surface area (Å²) >= 11 is 7.22. The molecule has 138 valence electrons. The van der Waals surface area contributed by atoms with Gasteiger partial charge in [-0.1, -0.05) is 54.1 Å². The molecular formula is C20H17ClN2O3S. The predicted octanol–water partition coefficient (Wildman–Crippen LogP) is 4.50. The topological polar surface area (TPSA) is 68.3 Å². The second-order valence-electron chi connectivity index (χ2n) is 5.75. The van der Waals surface area contributed by atoms with E-state index in [4.69, 9.17) is 16.3 Å². The van der Waals surface area contributed by atoms with Crippen LogP contribution in [0, 0.1) is 0 Å². The highest BCUT2D eigenvalue weighted by Gasteiger charge is 2.21. The molecule has 1 heterocycles. The lowest BCUT2D eigenvalue weighted by Gasteiger charge is -2.17. The minimum atomic E-state index is -0.524. The van der Waals surface area contributed by atoms with E-state index in [0.717, 1.165) is 16.1 Å². The number of hydrogen-bond donors (Lipinski definition) is 1. The molecule has 0 bridgehead atoms. The molecule has 0 aliphatic carbocycles. The molecule has 0 fully saturated rings. The molecule has 1 unspecified atom stereocenters. The van der Waals surface area contributed by atoms with Crippen LogP contribution in [0.4, 0.5) is 0 Å². The first kappa shape index (κ1) is 19.1. The van der Waals surface area contributed by atoms with Gasteiger partial charge in [-0.05, 0) is 17.7 Å². The van der Waals surface area contributed by atoms with E-state index in [-0.39, 0.29) is 12.3 Å². The van der Waals surface area contributed by atoms with Crippen LogP contribution in [0.3, 0.4) is 0 Å². The maximum Gasteiger partial charge on any atom is 0.307 e. The van der Waals surface area contributed by atoms with E-state index >= 15 is 0 Å². The Morgan fingerprint density at radius 2 is 1.85 bits per heavy atom. The van der Waals surface area contributed by atoms with Gasteiger partial charge in [-0.2, -0.15) is 0 Å². The van der Waals surface area contributed by atoms with Crippen LogP contribution in [0.15, 0.2) is 60.8 Å². The van der Waals surface area contributed by atoms with E-state index in [1.807, 2.05) is 30.3 Å². The third-order valence-corrected chi connectivity index (χ3v) is 5.22. The maximum absolute atomic E-state index is 12.7. The summed E-state index contributed by atoms with van der Waals surface area (Å²) in [5, 5.41) is 4.23. The standard InChI is InChI=1S/C20H17ClN2O3S/c1-26-18(24)11-16(13-7-9-15(21)10-8-13)23-19(25)17-12-22-20(27-17)14-5-3-2-4-6-14/h2-10,12,16H,11H2,1H3,(H,23,25). The van der Waals surface area contributed by atoms with Crippen molar-refractivity contribution in [3.63, 3.8) is 0 Å². The predicted molar refractivity (Wildman–Crippen MR) is 106 cm³/mol. The van der Waals surface area contributed by atoms with E-state index in [2.05, 4.69) is 10.3 Å². The number of hydrogen-bond acceptors (Lipinski definition) is 5. The Morgan fingerprint density at radius 3 is 2.52 bits per heavy atom. The van der Waals surface area contributed by atoms with E-state index in [0.29, 0.717) is 9.90 Å². The third-order valence-electron chi connectivity index (χ3n) is 3.93. The smallest absolute Gasteiger partial charge is 0.307 e. The molecule has 0 aliphatic heterocycles. The number of halogens is 1. The molecule has 0 saturated heterocycles. The van der Waals surface area contributed by atoms with Gasteiger partial charge in [-0.3, -0.25) is 9.59 Å². The second-order valence-corrected chi connectivity index (χ2v) is 7.22. The summed E-state index contributed by atoms with van der Waals surface area (Å²) < 4.78 is 4.75.